The van der Waals surface area contributed by atoms with Crippen molar-refractivity contribution in [2.75, 3.05) is 5.06 Å². The second-order valence-corrected chi connectivity index (χ2v) is 5.68. The molecule has 2 aliphatic rings. The van der Waals surface area contributed by atoms with Gasteiger partial charge in [-0.1, -0.05) is 31.4 Å². The van der Waals surface area contributed by atoms with Crippen molar-refractivity contribution in [2.24, 2.45) is 5.73 Å². The second kappa shape index (κ2) is 4.94. The highest BCUT2D eigenvalue weighted by molar-refractivity contribution is 5.98. The van der Waals surface area contributed by atoms with Gasteiger partial charge in [-0.15, -0.1) is 0 Å². The highest BCUT2D eigenvalue weighted by Crippen LogP contribution is 2.36. The third-order valence-electron chi connectivity index (χ3n) is 4.38. The van der Waals surface area contributed by atoms with Crippen molar-refractivity contribution in [1.82, 2.24) is 0 Å². The number of hydrogen-bond acceptors (Lipinski definition) is 3. The number of anilines is 1. The number of hydroxylamine groups is 1. The molecule has 3 rings (SSSR count). The van der Waals surface area contributed by atoms with E-state index in [0.29, 0.717) is 18.0 Å². The Morgan fingerprint density at radius 2 is 1.95 bits per heavy atom. The third kappa shape index (κ3) is 2.26. The first-order valence-electron chi connectivity index (χ1n) is 7.08. The molecule has 1 aliphatic heterocycles. The zero-order chi connectivity index (χ0) is 13.4. The number of hydrogen-bond donors (Lipinski definition) is 2. The van der Waals surface area contributed by atoms with Crippen molar-refractivity contribution in [3.8, 4) is 0 Å². The number of amides is 1. The molecule has 1 heterocycles. The predicted octanol–water partition coefficient (Wildman–Crippen LogP) is 2.34. The molecule has 4 nitrogen and oxygen atoms in total. The van der Waals surface area contributed by atoms with Crippen LogP contribution in [-0.4, -0.2) is 17.2 Å². The Hall–Kier alpha value is -1.39. The fraction of sp³-hybridized carbons (Fsp3) is 0.533. The first-order valence-corrected chi connectivity index (χ1v) is 7.08. The molecule has 0 aromatic heterocycles. The summed E-state index contributed by atoms with van der Waals surface area (Å²) in [6.45, 7) is 0. The predicted molar refractivity (Wildman–Crippen MR) is 73.2 cm³/mol. The van der Waals surface area contributed by atoms with Crippen molar-refractivity contribution >= 4 is 11.6 Å². The van der Waals surface area contributed by atoms with Gasteiger partial charge in [0.05, 0.1) is 11.7 Å². The van der Waals surface area contributed by atoms with Gasteiger partial charge in [0.1, 0.15) is 0 Å². The molecule has 1 amide bonds. The molecule has 1 aromatic rings. The molecule has 1 fully saturated rings. The number of fused-ring (bicyclic) bond motifs is 1. The van der Waals surface area contributed by atoms with Gasteiger partial charge in [0.2, 0.25) is 0 Å². The standard InChI is InChI=1S/C15H20N2O2/c16-13-8-12-7-6-11(10-4-2-1-3-5-10)9-14(12)17(19)15(13)18/h6-7,9-10,13,19H,1-5,8,16H2/t13-/m0/s1. The Balaban J connectivity index is 1.92. The average Bonchev–Trinajstić information content (AvgIpc) is 2.46. The van der Waals surface area contributed by atoms with E-state index in [2.05, 4.69) is 6.07 Å². The molecule has 1 aromatic carbocycles. The number of carbonyl (C=O) groups is 1. The summed E-state index contributed by atoms with van der Waals surface area (Å²) in [5.74, 6) is 0.159. The van der Waals surface area contributed by atoms with E-state index in [1.807, 2.05) is 12.1 Å². The molecule has 0 radical (unpaired) electrons. The molecule has 1 atom stereocenters. The van der Waals surface area contributed by atoms with E-state index >= 15 is 0 Å². The largest absolute Gasteiger partial charge is 0.320 e. The Labute approximate surface area is 113 Å². The van der Waals surface area contributed by atoms with Gasteiger partial charge in [-0.05, 0) is 42.4 Å². The van der Waals surface area contributed by atoms with E-state index in [-0.39, 0.29) is 0 Å². The van der Waals surface area contributed by atoms with Crippen LogP contribution in [0.25, 0.3) is 0 Å². The molecular weight excluding hydrogens is 240 g/mol. The van der Waals surface area contributed by atoms with Crippen molar-refractivity contribution < 1.29 is 10.0 Å². The Bertz CT molecular complexity index is 495. The zero-order valence-corrected chi connectivity index (χ0v) is 11.0. The van der Waals surface area contributed by atoms with Gasteiger partial charge in [0, 0.05) is 0 Å². The molecule has 4 heteroatoms. The van der Waals surface area contributed by atoms with Crippen molar-refractivity contribution in [1.29, 1.82) is 0 Å². The van der Waals surface area contributed by atoms with Crippen molar-refractivity contribution in [3.63, 3.8) is 0 Å². The zero-order valence-electron chi connectivity index (χ0n) is 11.0. The molecule has 1 aliphatic carbocycles. The van der Waals surface area contributed by atoms with E-state index in [1.54, 1.807) is 0 Å². The molecular formula is C15H20N2O2. The van der Waals surface area contributed by atoms with Gasteiger partial charge in [-0.25, -0.2) is 0 Å². The normalized spacial score (nSPS) is 24.4. The lowest BCUT2D eigenvalue weighted by atomic mass is 9.83. The smallest absolute Gasteiger partial charge is 0.267 e. The van der Waals surface area contributed by atoms with Crippen LogP contribution in [0, 0.1) is 0 Å². The average molecular weight is 260 g/mol. The molecule has 19 heavy (non-hydrogen) atoms. The highest BCUT2D eigenvalue weighted by Gasteiger charge is 2.30. The van der Waals surface area contributed by atoms with E-state index in [0.717, 1.165) is 10.6 Å². The van der Waals surface area contributed by atoms with Gasteiger partial charge < -0.3 is 5.73 Å². The minimum absolute atomic E-state index is 0.409. The quantitative estimate of drug-likeness (QED) is 0.762. The fourth-order valence-corrected chi connectivity index (χ4v) is 3.24. The van der Waals surface area contributed by atoms with Crippen molar-refractivity contribution in [2.45, 2.75) is 50.5 Å². The first-order chi connectivity index (χ1) is 9.16. The monoisotopic (exact) mass is 260 g/mol. The van der Waals surface area contributed by atoms with Crippen LogP contribution >= 0.6 is 0 Å². The summed E-state index contributed by atoms with van der Waals surface area (Å²) in [4.78, 5) is 11.7. The van der Waals surface area contributed by atoms with Crippen LogP contribution < -0.4 is 10.8 Å². The summed E-state index contributed by atoms with van der Waals surface area (Å²) in [5, 5.41) is 10.7. The van der Waals surface area contributed by atoms with Gasteiger partial charge in [-0.3, -0.25) is 10.0 Å². The first kappa shape index (κ1) is 12.6. The molecule has 0 bridgehead atoms. The van der Waals surface area contributed by atoms with E-state index in [4.69, 9.17) is 5.73 Å². The maximum Gasteiger partial charge on any atom is 0.267 e. The number of nitrogens with zero attached hydrogens (tertiary/aromatic N) is 1. The third-order valence-corrected chi connectivity index (χ3v) is 4.38. The SMILES string of the molecule is N[C@H]1Cc2ccc(C3CCCCC3)cc2N(O)C1=O. The van der Waals surface area contributed by atoms with Crippen LogP contribution in [0.3, 0.4) is 0 Å². The van der Waals surface area contributed by atoms with Crippen LogP contribution in [0.15, 0.2) is 18.2 Å². The molecule has 1 saturated carbocycles. The lowest BCUT2D eigenvalue weighted by Gasteiger charge is -2.29. The summed E-state index contributed by atoms with van der Waals surface area (Å²) in [6, 6.07) is 5.48. The summed E-state index contributed by atoms with van der Waals surface area (Å²) in [7, 11) is 0. The molecule has 0 saturated heterocycles. The number of nitrogens with two attached hydrogens (primary N) is 1. The Kier molecular flexibility index (Phi) is 3.29. The van der Waals surface area contributed by atoms with Gasteiger partial charge in [0.25, 0.3) is 5.91 Å². The van der Waals surface area contributed by atoms with E-state index in [9.17, 15) is 10.0 Å². The summed E-state index contributed by atoms with van der Waals surface area (Å²) < 4.78 is 0. The maximum absolute atomic E-state index is 11.7. The van der Waals surface area contributed by atoms with E-state index < -0.39 is 11.9 Å². The fourth-order valence-electron chi connectivity index (χ4n) is 3.24. The maximum atomic E-state index is 11.7. The highest BCUT2D eigenvalue weighted by atomic mass is 16.5. The second-order valence-electron chi connectivity index (χ2n) is 5.68. The molecule has 0 unspecified atom stereocenters. The molecule has 0 spiro atoms. The van der Waals surface area contributed by atoms with Crippen LogP contribution in [0.4, 0.5) is 5.69 Å². The van der Waals surface area contributed by atoms with Crippen LogP contribution in [-0.2, 0) is 11.2 Å². The summed E-state index contributed by atoms with van der Waals surface area (Å²) in [5.41, 5.74) is 8.52. The lowest BCUT2D eigenvalue weighted by Crippen LogP contribution is -2.47. The number of benzene rings is 1. The minimum Gasteiger partial charge on any atom is -0.320 e. The Morgan fingerprint density at radius 1 is 1.21 bits per heavy atom. The molecule has 3 N–H and O–H groups in total. The van der Waals surface area contributed by atoms with Gasteiger partial charge >= 0.3 is 0 Å². The Morgan fingerprint density at radius 3 is 2.68 bits per heavy atom. The topological polar surface area (TPSA) is 66.6 Å². The van der Waals surface area contributed by atoms with Crippen LogP contribution in [0.1, 0.15) is 49.1 Å². The van der Waals surface area contributed by atoms with Crippen molar-refractivity contribution in [3.05, 3.63) is 29.3 Å². The number of rotatable bonds is 1. The summed E-state index contributed by atoms with van der Waals surface area (Å²) >= 11 is 0. The summed E-state index contributed by atoms with van der Waals surface area (Å²) in [6.07, 6.45) is 6.79. The van der Waals surface area contributed by atoms with Gasteiger partial charge in [-0.2, -0.15) is 5.06 Å². The lowest BCUT2D eigenvalue weighted by molar-refractivity contribution is -0.125. The van der Waals surface area contributed by atoms with Gasteiger partial charge in [0.15, 0.2) is 0 Å². The van der Waals surface area contributed by atoms with E-state index in [1.165, 1.54) is 37.7 Å². The minimum atomic E-state index is -0.627. The number of carbonyl (C=O) groups excluding carboxylic acids is 1. The van der Waals surface area contributed by atoms with Crippen LogP contribution in [0.2, 0.25) is 0 Å². The molecule has 102 valence electrons. The van der Waals surface area contributed by atoms with Crippen LogP contribution in [0.5, 0.6) is 0 Å².